The first-order valence-electron chi connectivity index (χ1n) is 9.53. The number of thioether (sulfide) groups is 1. The van der Waals surface area contributed by atoms with E-state index < -0.39 is 11.7 Å². The molecule has 3 aromatic rings. The average molecular weight is 507 g/mol. The molecule has 1 fully saturated rings. The summed E-state index contributed by atoms with van der Waals surface area (Å²) in [4.78, 5) is 44.6. The van der Waals surface area contributed by atoms with Gasteiger partial charge in [0.1, 0.15) is 34.1 Å². The Kier molecular flexibility index (Phi) is 5.05. The van der Waals surface area contributed by atoms with Crippen molar-refractivity contribution in [2.24, 2.45) is 0 Å². The molecule has 0 bridgehead atoms. The number of nitrogens with one attached hydrogen (secondary N) is 1. The van der Waals surface area contributed by atoms with Crippen LogP contribution >= 0.6 is 27.7 Å². The molecule has 1 atom stereocenters. The molecule has 0 unspecified atom stereocenters. The Labute approximate surface area is 187 Å². The smallest absolute Gasteiger partial charge is 0.280 e. The van der Waals surface area contributed by atoms with E-state index in [1.54, 1.807) is 22.7 Å². The average Bonchev–Trinajstić information content (AvgIpc) is 3.46. The summed E-state index contributed by atoms with van der Waals surface area (Å²) in [6, 6.07) is 4.19. The van der Waals surface area contributed by atoms with Crippen LogP contribution in [0.3, 0.4) is 0 Å². The molecule has 31 heavy (non-hydrogen) atoms. The molecular formula is C19H16BrFN6O3S. The maximum Gasteiger partial charge on any atom is 0.280 e. The third-order valence-electron chi connectivity index (χ3n) is 5.38. The minimum Gasteiger partial charge on any atom is -0.329 e. The number of hydrogen-bond acceptors (Lipinski definition) is 6. The van der Waals surface area contributed by atoms with E-state index in [0.717, 1.165) is 24.1 Å². The SMILES string of the molecule is O=C(Cn1c2c(c(=O)n3nc(Br)cc13)CN([C@@H]1CCSC1)C2=O)Nc1ccc(F)cn1. The largest absolute Gasteiger partial charge is 0.329 e. The number of pyridine rings is 1. The van der Waals surface area contributed by atoms with Crippen LogP contribution in [0.5, 0.6) is 0 Å². The van der Waals surface area contributed by atoms with Gasteiger partial charge in [-0.25, -0.2) is 9.37 Å². The van der Waals surface area contributed by atoms with Crippen molar-refractivity contribution in [2.45, 2.75) is 25.6 Å². The molecule has 1 N–H and O–H groups in total. The Morgan fingerprint density at radius 1 is 1.35 bits per heavy atom. The lowest BCUT2D eigenvalue weighted by atomic mass is 10.2. The van der Waals surface area contributed by atoms with Crippen LogP contribution in [-0.4, -0.2) is 53.4 Å². The fourth-order valence-electron chi connectivity index (χ4n) is 3.96. The zero-order valence-corrected chi connectivity index (χ0v) is 18.4. The first-order valence-corrected chi connectivity index (χ1v) is 11.5. The van der Waals surface area contributed by atoms with Crippen molar-refractivity contribution in [2.75, 3.05) is 16.8 Å². The summed E-state index contributed by atoms with van der Waals surface area (Å²) in [5.41, 5.74) is 0.504. The number of aromatic nitrogens is 4. The lowest BCUT2D eigenvalue weighted by Gasteiger charge is -2.22. The Bertz CT molecular complexity index is 1270. The number of fused-ring (bicyclic) bond motifs is 2. The highest BCUT2D eigenvalue weighted by Crippen LogP contribution is 2.30. The summed E-state index contributed by atoms with van der Waals surface area (Å²) in [6.07, 6.45) is 1.87. The van der Waals surface area contributed by atoms with Crippen LogP contribution in [0, 0.1) is 5.82 Å². The Hall–Kier alpha value is -2.73. The zero-order chi connectivity index (χ0) is 21.7. The molecule has 2 aliphatic rings. The van der Waals surface area contributed by atoms with E-state index in [9.17, 15) is 18.8 Å². The van der Waals surface area contributed by atoms with Crippen LogP contribution in [-0.2, 0) is 17.9 Å². The minimum atomic E-state index is -0.516. The Morgan fingerprint density at radius 2 is 2.19 bits per heavy atom. The number of rotatable bonds is 4. The maximum absolute atomic E-state index is 13.3. The normalized spacial score (nSPS) is 18.1. The molecule has 2 aliphatic heterocycles. The highest BCUT2D eigenvalue weighted by atomic mass is 79.9. The number of nitrogens with zero attached hydrogens (tertiary/aromatic N) is 5. The van der Waals surface area contributed by atoms with Gasteiger partial charge in [0.05, 0.1) is 18.3 Å². The molecule has 0 aliphatic carbocycles. The molecule has 1 saturated heterocycles. The summed E-state index contributed by atoms with van der Waals surface area (Å²) in [5.74, 6) is 0.744. The van der Waals surface area contributed by atoms with Gasteiger partial charge in [-0.05, 0) is 40.2 Å². The number of hydrogen-bond donors (Lipinski definition) is 1. The second-order valence-electron chi connectivity index (χ2n) is 7.32. The molecule has 5 rings (SSSR count). The van der Waals surface area contributed by atoms with Gasteiger partial charge in [0.2, 0.25) is 5.91 Å². The van der Waals surface area contributed by atoms with E-state index >= 15 is 0 Å². The number of halogens is 2. The predicted molar refractivity (Wildman–Crippen MR) is 116 cm³/mol. The van der Waals surface area contributed by atoms with Crippen LogP contribution in [0.25, 0.3) is 5.65 Å². The van der Waals surface area contributed by atoms with Crippen LogP contribution in [0.15, 0.2) is 33.8 Å². The van der Waals surface area contributed by atoms with Gasteiger partial charge in [0, 0.05) is 17.9 Å². The van der Waals surface area contributed by atoms with Crippen LogP contribution in [0.4, 0.5) is 10.2 Å². The first-order chi connectivity index (χ1) is 14.9. The minimum absolute atomic E-state index is 0.0639. The van der Waals surface area contributed by atoms with Gasteiger partial charge in [-0.15, -0.1) is 0 Å². The number of amides is 2. The van der Waals surface area contributed by atoms with Crippen molar-refractivity contribution < 1.29 is 14.0 Å². The number of carbonyl (C=O) groups excluding carboxylic acids is 2. The van der Waals surface area contributed by atoms with Gasteiger partial charge < -0.3 is 14.8 Å². The molecule has 0 aromatic carbocycles. The Morgan fingerprint density at radius 3 is 2.90 bits per heavy atom. The van der Waals surface area contributed by atoms with E-state index in [4.69, 9.17) is 0 Å². The first kappa shape index (κ1) is 20.2. The molecule has 5 heterocycles. The van der Waals surface area contributed by atoms with Crippen molar-refractivity contribution >= 4 is 51.0 Å². The summed E-state index contributed by atoms with van der Waals surface area (Å²) in [5, 5.41) is 6.77. The van der Waals surface area contributed by atoms with Gasteiger partial charge in [0.15, 0.2) is 0 Å². The molecule has 12 heteroatoms. The summed E-state index contributed by atoms with van der Waals surface area (Å²) < 4.78 is 16.2. The molecule has 2 amide bonds. The van der Waals surface area contributed by atoms with E-state index in [0.29, 0.717) is 15.8 Å². The van der Waals surface area contributed by atoms with Crippen molar-refractivity contribution in [3.05, 3.63) is 56.4 Å². The second kappa shape index (κ2) is 7.75. The Balaban J connectivity index is 1.55. The molecule has 160 valence electrons. The predicted octanol–water partition coefficient (Wildman–Crippen LogP) is 1.89. The molecule has 3 aromatic heterocycles. The van der Waals surface area contributed by atoms with E-state index in [1.807, 2.05) is 0 Å². The highest BCUT2D eigenvalue weighted by molar-refractivity contribution is 9.10. The number of carbonyl (C=O) groups is 2. The van der Waals surface area contributed by atoms with Crippen LogP contribution < -0.4 is 10.9 Å². The van der Waals surface area contributed by atoms with Crippen molar-refractivity contribution in [1.29, 1.82) is 0 Å². The highest BCUT2D eigenvalue weighted by Gasteiger charge is 2.39. The zero-order valence-electron chi connectivity index (χ0n) is 16.0. The third kappa shape index (κ3) is 3.53. The molecule has 0 spiro atoms. The van der Waals surface area contributed by atoms with E-state index in [-0.39, 0.29) is 42.1 Å². The fourth-order valence-corrected chi connectivity index (χ4v) is 5.54. The third-order valence-corrected chi connectivity index (χ3v) is 6.91. The fraction of sp³-hybridized carbons (Fsp3) is 0.316. The summed E-state index contributed by atoms with van der Waals surface area (Å²) >= 11 is 5.04. The van der Waals surface area contributed by atoms with E-state index in [2.05, 4.69) is 31.3 Å². The monoisotopic (exact) mass is 506 g/mol. The molecular weight excluding hydrogens is 491 g/mol. The van der Waals surface area contributed by atoms with Gasteiger partial charge in [0.25, 0.3) is 11.5 Å². The van der Waals surface area contributed by atoms with Gasteiger partial charge >= 0.3 is 0 Å². The van der Waals surface area contributed by atoms with Crippen LogP contribution in [0.2, 0.25) is 0 Å². The summed E-state index contributed by atoms with van der Waals surface area (Å²) in [7, 11) is 0. The lowest BCUT2D eigenvalue weighted by Crippen LogP contribution is -2.36. The van der Waals surface area contributed by atoms with E-state index in [1.165, 1.54) is 21.2 Å². The molecule has 0 radical (unpaired) electrons. The standard InChI is InChI=1S/C19H16BrFN6O3S/c20-13-5-16-26(8-15(28)23-14-2-1-10(21)6-22-14)17-12(18(29)27(16)24-13)7-25(19(17)30)11-3-4-31-9-11/h1-2,5-6,11H,3-4,7-9H2,(H,22,23,28)/t11-/m1/s1. The lowest BCUT2D eigenvalue weighted by molar-refractivity contribution is -0.116. The van der Waals surface area contributed by atoms with Gasteiger partial charge in [-0.3, -0.25) is 14.4 Å². The van der Waals surface area contributed by atoms with Crippen LogP contribution in [0.1, 0.15) is 22.5 Å². The summed E-state index contributed by atoms with van der Waals surface area (Å²) in [6.45, 7) is -0.0327. The van der Waals surface area contributed by atoms with Crippen molar-refractivity contribution in [3.63, 3.8) is 0 Å². The quantitative estimate of drug-likeness (QED) is 0.579. The van der Waals surface area contributed by atoms with Gasteiger partial charge in [-0.1, -0.05) is 0 Å². The number of anilines is 1. The maximum atomic E-state index is 13.3. The second-order valence-corrected chi connectivity index (χ2v) is 9.28. The van der Waals surface area contributed by atoms with Crippen molar-refractivity contribution in [3.8, 4) is 0 Å². The molecule has 0 saturated carbocycles. The van der Waals surface area contributed by atoms with Gasteiger partial charge in [-0.2, -0.15) is 21.4 Å². The van der Waals surface area contributed by atoms with Crippen molar-refractivity contribution in [1.82, 2.24) is 24.1 Å². The topological polar surface area (TPSA) is 102 Å². The molecule has 9 nitrogen and oxygen atoms in total.